The lowest BCUT2D eigenvalue weighted by Gasteiger charge is -2.14. The summed E-state index contributed by atoms with van der Waals surface area (Å²) in [5.41, 5.74) is 8.83. The summed E-state index contributed by atoms with van der Waals surface area (Å²) in [5, 5.41) is 2.84. The molecular formula is C18H23ClN2O3. The maximum absolute atomic E-state index is 12.2. The summed E-state index contributed by atoms with van der Waals surface area (Å²) < 4.78 is 10.4. The van der Waals surface area contributed by atoms with Gasteiger partial charge in [0.15, 0.2) is 11.5 Å². The van der Waals surface area contributed by atoms with Crippen molar-refractivity contribution in [3.05, 3.63) is 59.2 Å². The number of ether oxygens (including phenoxy) is 2. The Hall–Kier alpha value is -2.24. The van der Waals surface area contributed by atoms with Crippen LogP contribution in [0, 0.1) is 6.92 Å². The van der Waals surface area contributed by atoms with Gasteiger partial charge in [-0.3, -0.25) is 4.79 Å². The van der Waals surface area contributed by atoms with Gasteiger partial charge in [-0.05, 0) is 30.2 Å². The highest BCUT2D eigenvalue weighted by Crippen LogP contribution is 2.27. The fourth-order valence-corrected chi connectivity index (χ4v) is 2.21. The lowest BCUT2D eigenvalue weighted by molar-refractivity contribution is -0.122. The zero-order valence-electron chi connectivity index (χ0n) is 14.0. The first kappa shape index (κ1) is 19.8. The third-order valence-corrected chi connectivity index (χ3v) is 3.63. The Morgan fingerprint density at radius 2 is 1.71 bits per heavy atom. The second-order valence-electron chi connectivity index (χ2n) is 5.30. The highest BCUT2D eigenvalue weighted by atomic mass is 35.5. The number of halogens is 1. The number of hydrogen-bond donors (Lipinski definition) is 2. The molecule has 24 heavy (non-hydrogen) atoms. The van der Waals surface area contributed by atoms with Gasteiger partial charge in [0.1, 0.15) is 6.04 Å². The lowest BCUT2D eigenvalue weighted by Crippen LogP contribution is -2.33. The van der Waals surface area contributed by atoms with Crippen molar-refractivity contribution in [1.29, 1.82) is 0 Å². The van der Waals surface area contributed by atoms with E-state index >= 15 is 0 Å². The Morgan fingerprint density at radius 3 is 2.29 bits per heavy atom. The SMILES string of the molecule is COc1ccc(CNC(=O)C(N)c2ccc(C)cc2)cc1OC.Cl. The minimum Gasteiger partial charge on any atom is -0.493 e. The summed E-state index contributed by atoms with van der Waals surface area (Å²) in [6.45, 7) is 2.37. The number of aryl methyl sites for hydroxylation is 1. The topological polar surface area (TPSA) is 73.6 Å². The van der Waals surface area contributed by atoms with E-state index in [1.54, 1.807) is 20.3 Å². The maximum Gasteiger partial charge on any atom is 0.241 e. The van der Waals surface area contributed by atoms with Gasteiger partial charge in [-0.15, -0.1) is 12.4 Å². The predicted octanol–water partition coefficient (Wildman–Crippen LogP) is 2.75. The molecule has 1 amide bonds. The summed E-state index contributed by atoms with van der Waals surface area (Å²) in [7, 11) is 3.16. The first-order valence-corrected chi connectivity index (χ1v) is 7.36. The van der Waals surface area contributed by atoms with Gasteiger partial charge in [-0.1, -0.05) is 35.9 Å². The summed E-state index contributed by atoms with van der Waals surface area (Å²) in [4.78, 5) is 12.2. The Morgan fingerprint density at radius 1 is 1.08 bits per heavy atom. The van der Waals surface area contributed by atoms with Crippen LogP contribution in [0.2, 0.25) is 0 Å². The van der Waals surface area contributed by atoms with Crippen LogP contribution in [0.5, 0.6) is 11.5 Å². The number of methoxy groups -OCH3 is 2. The molecule has 0 heterocycles. The third kappa shape index (κ3) is 4.88. The molecule has 5 nitrogen and oxygen atoms in total. The van der Waals surface area contributed by atoms with Gasteiger partial charge in [0, 0.05) is 6.54 Å². The van der Waals surface area contributed by atoms with Crippen molar-refractivity contribution < 1.29 is 14.3 Å². The number of carbonyl (C=O) groups excluding carboxylic acids is 1. The van der Waals surface area contributed by atoms with Crippen molar-refractivity contribution in [3.8, 4) is 11.5 Å². The number of carbonyl (C=O) groups is 1. The Labute approximate surface area is 148 Å². The fraction of sp³-hybridized carbons (Fsp3) is 0.278. The molecule has 1 atom stereocenters. The molecular weight excluding hydrogens is 328 g/mol. The van der Waals surface area contributed by atoms with Crippen molar-refractivity contribution in [3.63, 3.8) is 0 Å². The minimum atomic E-state index is -0.684. The van der Waals surface area contributed by atoms with Crippen molar-refractivity contribution >= 4 is 18.3 Å². The van der Waals surface area contributed by atoms with Crippen molar-refractivity contribution in [2.45, 2.75) is 19.5 Å². The quantitative estimate of drug-likeness (QED) is 0.840. The first-order valence-electron chi connectivity index (χ1n) is 7.36. The molecule has 0 aromatic heterocycles. The van der Waals surface area contributed by atoms with E-state index in [0.717, 1.165) is 16.7 Å². The van der Waals surface area contributed by atoms with E-state index in [2.05, 4.69) is 5.32 Å². The average molecular weight is 351 g/mol. The average Bonchev–Trinajstić information content (AvgIpc) is 2.59. The van der Waals surface area contributed by atoms with Crippen molar-refractivity contribution in [2.24, 2.45) is 5.73 Å². The van der Waals surface area contributed by atoms with Gasteiger partial charge in [0.05, 0.1) is 14.2 Å². The standard InChI is InChI=1S/C18H22N2O3.ClH/c1-12-4-7-14(8-5-12)17(19)18(21)20-11-13-6-9-15(22-2)16(10-13)23-3;/h4-10,17H,11,19H2,1-3H3,(H,20,21);1H. The largest absolute Gasteiger partial charge is 0.493 e. The van der Waals surface area contributed by atoms with E-state index in [-0.39, 0.29) is 18.3 Å². The molecule has 6 heteroatoms. The van der Waals surface area contributed by atoms with Gasteiger partial charge in [0.2, 0.25) is 5.91 Å². The number of benzene rings is 2. The van der Waals surface area contributed by atoms with Crippen molar-refractivity contribution in [2.75, 3.05) is 14.2 Å². The van der Waals surface area contributed by atoms with Crippen LogP contribution in [-0.2, 0) is 11.3 Å². The molecule has 0 fully saturated rings. The zero-order chi connectivity index (χ0) is 16.8. The second-order valence-corrected chi connectivity index (χ2v) is 5.30. The molecule has 2 aromatic carbocycles. The second kappa shape index (κ2) is 9.15. The highest BCUT2D eigenvalue weighted by molar-refractivity contribution is 5.85. The monoisotopic (exact) mass is 350 g/mol. The van der Waals surface area contributed by atoms with Crippen LogP contribution in [-0.4, -0.2) is 20.1 Å². The van der Waals surface area contributed by atoms with E-state index in [1.807, 2.05) is 43.3 Å². The Kier molecular flexibility index (Phi) is 7.55. The van der Waals surface area contributed by atoms with Gasteiger partial charge < -0.3 is 20.5 Å². The third-order valence-electron chi connectivity index (χ3n) is 3.63. The molecule has 0 saturated heterocycles. The van der Waals surface area contributed by atoms with E-state index in [9.17, 15) is 4.79 Å². The van der Waals surface area contributed by atoms with Gasteiger partial charge in [-0.25, -0.2) is 0 Å². The highest BCUT2D eigenvalue weighted by Gasteiger charge is 2.15. The Balaban J connectivity index is 0.00000288. The molecule has 130 valence electrons. The summed E-state index contributed by atoms with van der Waals surface area (Å²) in [6.07, 6.45) is 0. The van der Waals surface area contributed by atoms with E-state index in [4.69, 9.17) is 15.2 Å². The summed E-state index contributed by atoms with van der Waals surface area (Å²) in [5.74, 6) is 1.06. The molecule has 1 unspecified atom stereocenters. The van der Waals surface area contributed by atoms with E-state index < -0.39 is 6.04 Å². The smallest absolute Gasteiger partial charge is 0.241 e. The molecule has 0 aliphatic rings. The number of nitrogens with one attached hydrogen (secondary N) is 1. The Bertz CT molecular complexity index is 674. The minimum absolute atomic E-state index is 0. The summed E-state index contributed by atoms with van der Waals surface area (Å²) in [6, 6.07) is 12.4. The zero-order valence-corrected chi connectivity index (χ0v) is 14.9. The molecule has 0 aliphatic heterocycles. The van der Waals surface area contributed by atoms with Crippen LogP contribution in [0.25, 0.3) is 0 Å². The van der Waals surface area contributed by atoms with Crippen LogP contribution in [0.15, 0.2) is 42.5 Å². The van der Waals surface area contributed by atoms with Crippen LogP contribution in [0.4, 0.5) is 0 Å². The first-order chi connectivity index (χ1) is 11.0. The van der Waals surface area contributed by atoms with Crippen LogP contribution >= 0.6 is 12.4 Å². The predicted molar refractivity (Wildman–Crippen MR) is 96.7 cm³/mol. The molecule has 2 rings (SSSR count). The van der Waals surface area contributed by atoms with Gasteiger partial charge in [-0.2, -0.15) is 0 Å². The number of amides is 1. The molecule has 0 aliphatic carbocycles. The summed E-state index contributed by atoms with van der Waals surface area (Å²) >= 11 is 0. The van der Waals surface area contributed by atoms with Gasteiger partial charge >= 0.3 is 0 Å². The fourth-order valence-electron chi connectivity index (χ4n) is 2.21. The molecule has 0 bridgehead atoms. The lowest BCUT2D eigenvalue weighted by atomic mass is 10.1. The van der Waals surface area contributed by atoms with Crippen LogP contribution < -0.4 is 20.5 Å². The van der Waals surface area contributed by atoms with Crippen LogP contribution in [0.1, 0.15) is 22.7 Å². The number of hydrogen-bond acceptors (Lipinski definition) is 4. The van der Waals surface area contributed by atoms with E-state index in [0.29, 0.717) is 18.0 Å². The molecule has 0 spiro atoms. The molecule has 0 saturated carbocycles. The van der Waals surface area contributed by atoms with Gasteiger partial charge in [0.25, 0.3) is 0 Å². The molecule has 3 N–H and O–H groups in total. The normalized spacial score (nSPS) is 11.2. The maximum atomic E-state index is 12.2. The van der Waals surface area contributed by atoms with E-state index in [1.165, 1.54) is 0 Å². The number of rotatable bonds is 6. The van der Waals surface area contributed by atoms with Crippen LogP contribution in [0.3, 0.4) is 0 Å². The molecule has 2 aromatic rings. The number of nitrogens with two attached hydrogens (primary N) is 1. The molecule has 0 radical (unpaired) electrons. The van der Waals surface area contributed by atoms with Crippen molar-refractivity contribution in [1.82, 2.24) is 5.32 Å².